The number of H-pyrrole nitrogens is 1. The first-order chi connectivity index (χ1) is 12.3. The molecule has 0 aliphatic rings. The lowest BCUT2D eigenvalue weighted by Crippen LogP contribution is -2.22. The molecule has 0 aliphatic carbocycles. The molecule has 2 heterocycles. The number of pyridine rings is 2. The van der Waals surface area contributed by atoms with Crippen LogP contribution in [0, 0.1) is 0 Å². The lowest BCUT2D eigenvalue weighted by atomic mass is 10.1. The number of hydrogen-bond acceptors (Lipinski definition) is 4. The van der Waals surface area contributed by atoms with E-state index in [1.807, 2.05) is 0 Å². The molecule has 3 aromatic rings. The summed E-state index contributed by atoms with van der Waals surface area (Å²) in [6, 6.07) is 9.26. The highest BCUT2D eigenvalue weighted by atomic mass is 19.4. The van der Waals surface area contributed by atoms with Gasteiger partial charge in [0.05, 0.1) is 11.9 Å². The molecule has 0 radical (unpaired) electrons. The monoisotopic (exact) mass is 363 g/mol. The van der Waals surface area contributed by atoms with Crippen LogP contribution in [-0.4, -0.2) is 28.7 Å². The molecule has 2 aromatic heterocycles. The normalized spacial score (nSPS) is 11.3. The molecule has 0 aliphatic heterocycles. The first-order valence-electron chi connectivity index (χ1n) is 7.41. The molecule has 0 spiro atoms. The van der Waals surface area contributed by atoms with Gasteiger partial charge in [0.1, 0.15) is 5.56 Å². The smallest absolute Gasteiger partial charge is 0.422 e. The van der Waals surface area contributed by atoms with E-state index < -0.39 is 24.1 Å². The van der Waals surface area contributed by atoms with Crippen molar-refractivity contribution in [1.82, 2.24) is 9.97 Å². The second-order valence-corrected chi connectivity index (χ2v) is 5.32. The summed E-state index contributed by atoms with van der Waals surface area (Å²) in [5, 5.41) is 2.83. The molecule has 0 unspecified atom stereocenters. The minimum Gasteiger partial charge on any atom is -0.468 e. The molecule has 1 amide bonds. The van der Waals surface area contributed by atoms with E-state index in [-0.39, 0.29) is 17.1 Å². The van der Waals surface area contributed by atoms with Gasteiger partial charge < -0.3 is 15.0 Å². The lowest BCUT2D eigenvalue weighted by molar-refractivity contribution is -0.154. The van der Waals surface area contributed by atoms with E-state index in [1.165, 1.54) is 18.3 Å². The van der Waals surface area contributed by atoms with Crippen LogP contribution >= 0.6 is 0 Å². The maximum Gasteiger partial charge on any atom is 0.422 e. The number of benzene rings is 1. The Morgan fingerprint density at radius 3 is 2.65 bits per heavy atom. The van der Waals surface area contributed by atoms with Crippen LogP contribution in [0.15, 0.2) is 53.6 Å². The lowest BCUT2D eigenvalue weighted by Gasteiger charge is -2.09. The first-order valence-corrected chi connectivity index (χ1v) is 7.41. The van der Waals surface area contributed by atoms with Gasteiger partial charge in [0, 0.05) is 23.2 Å². The molecule has 3 rings (SSSR count). The van der Waals surface area contributed by atoms with Crippen LogP contribution in [0.3, 0.4) is 0 Å². The summed E-state index contributed by atoms with van der Waals surface area (Å²) in [7, 11) is 0. The molecule has 2 N–H and O–H groups in total. The highest BCUT2D eigenvalue weighted by Crippen LogP contribution is 2.18. The zero-order valence-corrected chi connectivity index (χ0v) is 13.1. The summed E-state index contributed by atoms with van der Waals surface area (Å²) < 4.78 is 40.7. The molecule has 0 saturated carbocycles. The number of nitrogens with zero attached hydrogens (tertiary/aromatic N) is 1. The number of amides is 1. The zero-order valence-electron chi connectivity index (χ0n) is 13.1. The summed E-state index contributed by atoms with van der Waals surface area (Å²) in [6.45, 7) is -1.46. The average molecular weight is 363 g/mol. The van der Waals surface area contributed by atoms with E-state index in [0.29, 0.717) is 10.9 Å². The third kappa shape index (κ3) is 4.00. The van der Waals surface area contributed by atoms with E-state index in [2.05, 4.69) is 20.0 Å². The number of rotatable bonds is 4. The van der Waals surface area contributed by atoms with Gasteiger partial charge in [-0.2, -0.15) is 13.2 Å². The van der Waals surface area contributed by atoms with E-state index >= 15 is 0 Å². The second kappa shape index (κ2) is 6.87. The van der Waals surface area contributed by atoms with Crippen molar-refractivity contribution in [1.29, 1.82) is 0 Å². The molecule has 6 nitrogen and oxygen atoms in total. The van der Waals surface area contributed by atoms with E-state index in [1.54, 1.807) is 24.3 Å². The molecule has 0 fully saturated rings. The molecule has 0 atom stereocenters. The number of aromatic nitrogens is 2. The maximum absolute atomic E-state index is 12.4. The molecule has 134 valence electrons. The fourth-order valence-electron chi connectivity index (χ4n) is 2.23. The minimum absolute atomic E-state index is 0.0962. The molecule has 9 heteroatoms. The third-order valence-corrected chi connectivity index (χ3v) is 3.41. The van der Waals surface area contributed by atoms with Crippen LogP contribution in [0.5, 0.6) is 5.88 Å². The first kappa shape index (κ1) is 17.5. The van der Waals surface area contributed by atoms with Gasteiger partial charge in [-0.1, -0.05) is 12.1 Å². The Bertz CT molecular complexity index is 998. The number of para-hydroxylation sites is 1. The summed E-state index contributed by atoms with van der Waals surface area (Å²) >= 11 is 0. The molecule has 1 aromatic carbocycles. The Hall–Kier alpha value is -3.36. The van der Waals surface area contributed by atoms with Crippen LogP contribution in [0.25, 0.3) is 10.9 Å². The Balaban J connectivity index is 1.74. The van der Waals surface area contributed by atoms with Crippen molar-refractivity contribution in [3.63, 3.8) is 0 Å². The van der Waals surface area contributed by atoms with Crippen molar-refractivity contribution in [3.05, 3.63) is 64.6 Å². The van der Waals surface area contributed by atoms with Gasteiger partial charge in [-0.25, -0.2) is 4.98 Å². The van der Waals surface area contributed by atoms with Gasteiger partial charge in [-0.15, -0.1) is 0 Å². The molecule has 0 bridgehead atoms. The predicted molar refractivity (Wildman–Crippen MR) is 88.3 cm³/mol. The number of anilines is 1. The third-order valence-electron chi connectivity index (χ3n) is 3.41. The van der Waals surface area contributed by atoms with Gasteiger partial charge in [-0.3, -0.25) is 9.59 Å². The number of hydrogen-bond donors (Lipinski definition) is 2. The molecule has 0 saturated heterocycles. The number of aromatic amines is 1. The van der Waals surface area contributed by atoms with Crippen LogP contribution in [-0.2, 0) is 0 Å². The Kier molecular flexibility index (Phi) is 4.61. The Morgan fingerprint density at radius 2 is 1.96 bits per heavy atom. The standard InChI is InChI=1S/C17H12F3N3O3/c18-17(19,20)9-26-14-6-5-10(7-22-14)23-16(25)12-8-21-13-4-2-1-3-11(13)15(12)24/h1-8H,9H2,(H,21,24)(H,23,25). The fraction of sp³-hybridized carbons (Fsp3) is 0.118. The number of alkyl halides is 3. The topological polar surface area (TPSA) is 84.1 Å². The predicted octanol–water partition coefficient (Wildman–Crippen LogP) is 3.12. The average Bonchev–Trinajstić information content (AvgIpc) is 2.61. The number of nitrogens with one attached hydrogen (secondary N) is 2. The van der Waals surface area contributed by atoms with E-state index in [9.17, 15) is 22.8 Å². The number of halogens is 3. The summed E-state index contributed by atoms with van der Waals surface area (Å²) in [4.78, 5) is 31.2. The van der Waals surface area contributed by atoms with E-state index in [4.69, 9.17) is 0 Å². The minimum atomic E-state index is -4.47. The van der Waals surface area contributed by atoms with Crippen molar-refractivity contribution in [3.8, 4) is 5.88 Å². The van der Waals surface area contributed by atoms with Crippen LogP contribution in [0.2, 0.25) is 0 Å². The summed E-state index contributed by atoms with van der Waals surface area (Å²) in [5.74, 6) is -0.897. The quantitative estimate of drug-likeness (QED) is 0.746. The summed E-state index contributed by atoms with van der Waals surface area (Å²) in [6.07, 6.45) is -2.03. The Labute approximate surface area is 144 Å². The molecule has 26 heavy (non-hydrogen) atoms. The molecular formula is C17H12F3N3O3. The van der Waals surface area contributed by atoms with Crippen LogP contribution in [0.1, 0.15) is 10.4 Å². The SMILES string of the molecule is O=C(Nc1ccc(OCC(F)(F)F)nc1)c1c[nH]c2ccccc2c1=O. The van der Waals surface area contributed by atoms with Gasteiger partial charge in [0.2, 0.25) is 11.3 Å². The molecular weight excluding hydrogens is 351 g/mol. The van der Waals surface area contributed by atoms with Crippen molar-refractivity contribution in [2.24, 2.45) is 0 Å². The Morgan fingerprint density at radius 1 is 1.19 bits per heavy atom. The van der Waals surface area contributed by atoms with Gasteiger partial charge in [0.25, 0.3) is 5.91 Å². The number of ether oxygens (including phenoxy) is 1. The van der Waals surface area contributed by atoms with Crippen LogP contribution < -0.4 is 15.5 Å². The van der Waals surface area contributed by atoms with Gasteiger partial charge in [0.15, 0.2) is 6.61 Å². The van der Waals surface area contributed by atoms with Crippen molar-refractivity contribution in [2.75, 3.05) is 11.9 Å². The highest BCUT2D eigenvalue weighted by molar-refractivity contribution is 6.05. The van der Waals surface area contributed by atoms with Crippen LogP contribution in [0.4, 0.5) is 18.9 Å². The largest absolute Gasteiger partial charge is 0.468 e. The number of fused-ring (bicyclic) bond motifs is 1. The fourth-order valence-corrected chi connectivity index (χ4v) is 2.23. The number of carbonyl (C=O) groups excluding carboxylic acids is 1. The van der Waals surface area contributed by atoms with Crippen molar-refractivity contribution >= 4 is 22.5 Å². The summed E-state index contributed by atoms with van der Waals surface area (Å²) in [5.41, 5.74) is 0.278. The maximum atomic E-state index is 12.4. The highest BCUT2D eigenvalue weighted by Gasteiger charge is 2.28. The second-order valence-electron chi connectivity index (χ2n) is 5.32. The zero-order chi connectivity index (χ0) is 18.7. The van der Waals surface area contributed by atoms with Gasteiger partial charge in [-0.05, 0) is 18.2 Å². The van der Waals surface area contributed by atoms with Crippen molar-refractivity contribution in [2.45, 2.75) is 6.18 Å². The number of carbonyl (C=O) groups is 1. The van der Waals surface area contributed by atoms with Crippen molar-refractivity contribution < 1.29 is 22.7 Å². The van der Waals surface area contributed by atoms with Gasteiger partial charge >= 0.3 is 6.18 Å². The van der Waals surface area contributed by atoms with E-state index in [0.717, 1.165) is 6.20 Å².